The average molecular weight is 378 g/mol. The van der Waals surface area contributed by atoms with Gasteiger partial charge in [-0.2, -0.15) is 0 Å². The maximum absolute atomic E-state index is 13.3. The average Bonchev–Trinajstić information content (AvgIpc) is 2.64. The second-order valence-corrected chi connectivity index (χ2v) is 7.41. The molecule has 0 amide bonds. The van der Waals surface area contributed by atoms with Crippen LogP contribution in [0, 0.1) is 12.7 Å². The van der Waals surface area contributed by atoms with E-state index in [-0.39, 0.29) is 17.3 Å². The number of nitrogens with zero attached hydrogens (tertiary/aromatic N) is 1. The molecule has 0 radical (unpaired) electrons. The van der Waals surface area contributed by atoms with Crippen molar-refractivity contribution in [2.24, 2.45) is 4.99 Å². The quantitative estimate of drug-likeness (QED) is 0.390. The van der Waals surface area contributed by atoms with Gasteiger partial charge in [0.15, 0.2) is 5.96 Å². The van der Waals surface area contributed by atoms with Crippen molar-refractivity contribution in [3.05, 3.63) is 65.5 Å². The number of hydrogen-bond donors (Lipinski definition) is 3. The van der Waals surface area contributed by atoms with E-state index in [1.54, 1.807) is 56.4 Å². The van der Waals surface area contributed by atoms with E-state index in [1.807, 2.05) is 0 Å². The number of aryl methyl sites for hydroxylation is 1. The van der Waals surface area contributed by atoms with Crippen LogP contribution >= 0.6 is 0 Å². The highest BCUT2D eigenvalue weighted by atomic mass is 32.2. The molecule has 0 aliphatic heterocycles. The first-order valence-corrected chi connectivity index (χ1v) is 9.65. The number of rotatable bonds is 7. The highest BCUT2D eigenvalue weighted by molar-refractivity contribution is 7.89. The van der Waals surface area contributed by atoms with Crippen molar-refractivity contribution in [1.82, 2.24) is 15.4 Å². The smallest absolute Gasteiger partial charge is 0.240 e. The van der Waals surface area contributed by atoms with Gasteiger partial charge in [0, 0.05) is 26.7 Å². The fourth-order valence-corrected chi connectivity index (χ4v) is 3.33. The van der Waals surface area contributed by atoms with E-state index in [0.717, 1.165) is 5.56 Å². The molecule has 3 N–H and O–H groups in total. The highest BCUT2D eigenvalue weighted by Crippen LogP contribution is 2.09. The van der Waals surface area contributed by atoms with Gasteiger partial charge in [0.2, 0.25) is 10.0 Å². The van der Waals surface area contributed by atoms with E-state index < -0.39 is 10.0 Å². The minimum Gasteiger partial charge on any atom is -0.355 e. The van der Waals surface area contributed by atoms with Crippen LogP contribution in [0.1, 0.15) is 11.1 Å². The van der Waals surface area contributed by atoms with E-state index in [1.165, 1.54) is 6.07 Å². The Bertz CT molecular complexity index is 855. The Morgan fingerprint density at radius 2 is 1.81 bits per heavy atom. The predicted octanol–water partition coefficient (Wildman–Crippen LogP) is 1.78. The summed E-state index contributed by atoms with van der Waals surface area (Å²) in [5.41, 5.74) is 1.51. The van der Waals surface area contributed by atoms with Gasteiger partial charge in [-0.1, -0.05) is 30.3 Å². The summed E-state index contributed by atoms with van der Waals surface area (Å²) in [5, 5.41) is 6.13. The zero-order chi connectivity index (χ0) is 19.0. The van der Waals surface area contributed by atoms with E-state index in [2.05, 4.69) is 20.3 Å². The summed E-state index contributed by atoms with van der Waals surface area (Å²) in [7, 11) is -1.89. The summed E-state index contributed by atoms with van der Waals surface area (Å²) in [6, 6.07) is 13.1. The molecule has 0 aromatic heterocycles. The zero-order valence-electron chi connectivity index (χ0n) is 14.8. The maximum atomic E-state index is 13.3. The summed E-state index contributed by atoms with van der Waals surface area (Å²) in [5.74, 6) is 0.299. The molecule has 2 aromatic carbocycles. The maximum Gasteiger partial charge on any atom is 0.240 e. The van der Waals surface area contributed by atoms with E-state index in [4.69, 9.17) is 0 Å². The van der Waals surface area contributed by atoms with Crippen LogP contribution in [0.5, 0.6) is 0 Å². The van der Waals surface area contributed by atoms with Crippen LogP contribution in [0.2, 0.25) is 0 Å². The number of halogens is 1. The number of nitrogens with one attached hydrogen (secondary N) is 3. The summed E-state index contributed by atoms with van der Waals surface area (Å²) in [6.07, 6.45) is 0. The fraction of sp³-hybridized carbons (Fsp3) is 0.278. The SMILES string of the molecule is CN=C(NCCNS(=O)(=O)c1ccccc1)NCc1ccc(F)c(C)c1. The minimum atomic E-state index is -3.51. The summed E-state index contributed by atoms with van der Waals surface area (Å²) < 4.78 is 40.0. The number of guanidine groups is 1. The molecule has 2 aromatic rings. The third kappa shape index (κ3) is 5.82. The molecule has 8 heteroatoms. The van der Waals surface area contributed by atoms with E-state index in [0.29, 0.717) is 24.6 Å². The molecule has 0 unspecified atom stereocenters. The van der Waals surface area contributed by atoms with Gasteiger partial charge >= 0.3 is 0 Å². The minimum absolute atomic E-state index is 0.216. The molecular weight excluding hydrogens is 355 g/mol. The molecule has 0 saturated heterocycles. The van der Waals surface area contributed by atoms with E-state index >= 15 is 0 Å². The van der Waals surface area contributed by atoms with Crippen LogP contribution in [-0.2, 0) is 16.6 Å². The van der Waals surface area contributed by atoms with Gasteiger partial charge in [0.25, 0.3) is 0 Å². The van der Waals surface area contributed by atoms with Crippen LogP contribution in [0.4, 0.5) is 4.39 Å². The Balaban J connectivity index is 1.77. The van der Waals surface area contributed by atoms with Crippen LogP contribution in [0.15, 0.2) is 58.4 Å². The van der Waals surface area contributed by atoms with Crippen molar-refractivity contribution in [1.29, 1.82) is 0 Å². The van der Waals surface area contributed by atoms with E-state index in [9.17, 15) is 12.8 Å². The van der Waals surface area contributed by atoms with Crippen molar-refractivity contribution in [2.45, 2.75) is 18.4 Å². The lowest BCUT2D eigenvalue weighted by Crippen LogP contribution is -2.41. The topological polar surface area (TPSA) is 82.6 Å². The first-order chi connectivity index (χ1) is 12.4. The predicted molar refractivity (Wildman–Crippen MR) is 101 cm³/mol. The van der Waals surface area contributed by atoms with Gasteiger partial charge < -0.3 is 10.6 Å². The van der Waals surface area contributed by atoms with Crippen LogP contribution in [0.25, 0.3) is 0 Å². The molecule has 140 valence electrons. The van der Waals surface area contributed by atoms with Crippen LogP contribution < -0.4 is 15.4 Å². The summed E-state index contributed by atoms with van der Waals surface area (Å²) in [4.78, 5) is 4.31. The third-order valence-electron chi connectivity index (χ3n) is 3.67. The van der Waals surface area contributed by atoms with Crippen molar-refractivity contribution in [3.63, 3.8) is 0 Å². The van der Waals surface area contributed by atoms with Crippen LogP contribution in [-0.4, -0.2) is 34.5 Å². The van der Waals surface area contributed by atoms with Gasteiger partial charge in [-0.05, 0) is 36.2 Å². The molecule has 2 rings (SSSR count). The third-order valence-corrected chi connectivity index (χ3v) is 5.15. The first-order valence-electron chi connectivity index (χ1n) is 8.16. The molecule has 0 heterocycles. The Hall–Kier alpha value is -2.45. The van der Waals surface area contributed by atoms with Crippen molar-refractivity contribution < 1.29 is 12.8 Å². The summed E-state index contributed by atoms with van der Waals surface area (Å²) >= 11 is 0. The molecule has 0 aliphatic carbocycles. The Kier molecular flexibility index (Phi) is 7.11. The lowest BCUT2D eigenvalue weighted by atomic mass is 10.1. The molecule has 0 atom stereocenters. The number of sulfonamides is 1. The fourth-order valence-electron chi connectivity index (χ4n) is 2.27. The molecule has 0 bridgehead atoms. The molecule has 6 nitrogen and oxygen atoms in total. The van der Waals surface area contributed by atoms with Crippen molar-refractivity contribution >= 4 is 16.0 Å². The molecule has 26 heavy (non-hydrogen) atoms. The molecular formula is C18H23FN4O2S. The van der Waals surface area contributed by atoms with Gasteiger partial charge in [-0.15, -0.1) is 0 Å². The lowest BCUT2D eigenvalue weighted by Gasteiger charge is -2.13. The lowest BCUT2D eigenvalue weighted by molar-refractivity contribution is 0.580. The van der Waals surface area contributed by atoms with Crippen LogP contribution in [0.3, 0.4) is 0 Å². The van der Waals surface area contributed by atoms with Gasteiger partial charge in [0.1, 0.15) is 5.82 Å². The Morgan fingerprint density at radius 1 is 1.08 bits per heavy atom. The molecule has 0 fully saturated rings. The summed E-state index contributed by atoms with van der Waals surface area (Å²) in [6.45, 7) is 2.78. The zero-order valence-corrected chi connectivity index (χ0v) is 15.6. The standard InChI is InChI=1S/C18H23FN4O2S/c1-14-12-15(8-9-17(14)19)13-22-18(20-2)21-10-11-23-26(24,25)16-6-4-3-5-7-16/h3-9,12,23H,10-11,13H2,1-2H3,(H2,20,21,22). The Morgan fingerprint density at radius 3 is 2.46 bits per heavy atom. The van der Waals surface area contributed by atoms with Crippen molar-refractivity contribution in [3.8, 4) is 0 Å². The number of aliphatic imine (C=N–C) groups is 1. The van der Waals surface area contributed by atoms with Gasteiger partial charge in [-0.25, -0.2) is 17.5 Å². The molecule has 0 spiro atoms. The molecule has 0 saturated carbocycles. The van der Waals surface area contributed by atoms with Crippen molar-refractivity contribution in [2.75, 3.05) is 20.1 Å². The Labute approximate surface area is 153 Å². The molecule has 0 aliphatic rings. The largest absolute Gasteiger partial charge is 0.355 e. The number of hydrogen-bond acceptors (Lipinski definition) is 3. The highest BCUT2D eigenvalue weighted by Gasteiger charge is 2.12. The van der Waals surface area contributed by atoms with Gasteiger partial charge in [0.05, 0.1) is 4.90 Å². The van der Waals surface area contributed by atoms with Gasteiger partial charge in [-0.3, -0.25) is 4.99 Å². The second-order valence-electron chi connectivity index (χ2n) is 5.65. The first kappa shape index (κ1) is 19.9. The normalized spacial score (nSPS) is 12.0. The monoisotopic (exact) mass is 378 g/mol. The second kappa shape index (κ2) is 9.30. The number of benzene rings is 2.